The third-order valence-corrected chi connectivity index (χ3v) is 4.84. The van der Waals surface area contributed by atoms with Crippen molar-refractivity contribution in [1.82, 2.24) is 10.2 Å². The number of nitrogens with one attached hydrogen (secondary N) is 2. The first-order valence-electron chi connectivity index (χ1n) is 7.39. The average Bonchev–Trinajstić information content (AvgIpc) is 2.83. The van der Waals surface area contributed by atoms with Crippen LogP contribution < -0.4 is 10.6 Å². The van der Waals surface area contributed by atoms with Crippen LogP contribution in [0.3, 0.4) is 0 Å². The molecule has 0 aliphatic heterocycles. The first-order chi connectivity index (χ1) is 10.7. The number of amides is 1. The van der Waals surface area contributed by atoms with E-state index >= 15 is 0 Å². The lowest BCUT2D eigenvalue weighted by atomic mass is 10.1. The van der Waals surface area contributed by atoms with Crippen LogP contribution in [0.4, 0.5) is 10.8 Å². The minimum Gasteiger partial charge on any atom is -0.355 e. The number of hydrogen-bond donors (Lipinski definition) is 2. The summed E-state index contributed by atoms with van der Waals surface area (Å²) >= 11 is 2.88. The van der Waals surface area contributed by atoms with Gasteiger partial charge in [-0.15, -0.1) is 10.2 Å². The Bertz CT molecular complexity index is 679. The minimum atomic E-state index is -0.244. The third kappa shape index (κ3) is 5.84. The second kappa shape index (κ2) is 7.31. The SMILES string of the molecule is Cc1cccc(NC(=O)C(C)Sc2nnc(NC(C)(C)C)s2)c1. The number of carbonyl (C=O) groups excluding carboxylic acids is 1. The highest BCUT2D eigenvalue weighted by molar-refractivity contribution is 8.02. The van der Waals surface area contributed by atoms with Gasteiger partial charge in [-0.05, 0) is 52.3 Å². The summed E-state index contributed by atoms with van der Waals surface area (Å²) in [4.78, 5) is 12.3. The topological polar surface area (TPSA) is 66.9 Å². The fraction of sp³-hybridized carbons (Fsp3) is 0.438. The lowest BCUT2D eigenvalue weighted by Gasteiger charge is -2.18. The van der Waals surface area contributed by atoms with Crippen LogP contribution in [0.5, 0.6) is 0 Å². The number of benzene rings is 1. The van der Waals surface area contributed by atoms with Crippen molar-refractivity contribution in [2.45, 2.75) is 49.7 Å². The smallest absolute Gasteiger partial charge is 0.237 e. The molecule has 2 rings (SSSR count). The number of aryl methyl sites for hydroxylation is 1. The molecule has 1 amide bonds. The Labute approximate surface area is 145 Å². The molecule has 0 spiro atoms. The van der Waals surface area contributed by atoms with E-state index in [9.17, 15) is 4.79 Å². The van der Waals surface area contributed by atoms with Gasteiger partial charge in [0.25, 0.3) is 0 Å². The molecule has 2 aromatic rings. The van der Waals surface area contributed by atoms with Crippen LogP contribution in [0.2, 0.25) is 0 Å². The monoisotopic (exact) mass is 350 g/mol. The van der Waals surface area contributed by atoms with Crippen LogP contribution in [0.15, 0.2) is 28.6 Å². The number of anilines is 2. The van der Waals surface area contributed by atoms with E-state index in [1.165, 1.54) is 23.1 Å². The first kappa shape index (κ1) is 17.7. The lowest BCUT2D eigenvalue weighted by molar-refractivity contribution is -0.115. The van der Waals surface area contributed by atoms with Crippen LogP contribution in [0.25, 0.3) is 0 Å². The summed E-state index contributed by atoms with van der Waals surface area (Å²) in [6.07, 6.45) is 0. The molecule has 2 N–H and O–H groups in total. The molecule has 0 saturated carbocycles. The largest absolute Gasteiger partial charge is 0.355 e. The number of nitrogens with zero attached hydrogens (tertiary/aromatic N) is 2. The molecule has 0 bridgehead atoms. The van der Waals surface area contributed by atoms with Crippen molar-refractivity contribution in [2.24, 2.45) is 0 Å². The van der Waals surface area contributed by atoms with E-state index < -0.39 is 0 Å². The van der Waals surface area contributed by atoms with Gasteiger partial charge < -0.3 is 10.6 Å². The van der Waals surface area contributed by atoms with Gasteiger partial charge in [0.05, 0.1) is 5.25 Å². The molecule has 23 heavy (non-hydrogen) atoms. The summed E-state index contributed by atoms with van der Waals surface area (Å²) < 4.78 is 0.781. The molecule has 1 aromatic heterocycles. The van der Waals surface area contributed by atoms with E-state index in [1.54, 1.807) is 0 Å². The molecule has 5 nitrogen and oxygen atoms in total. The van der Waals surface area contributed by atoms with E-state index in [2.05, 4.69) is 41.6 Å². The van der Waals surface area contributed by atoms with Crippen LogP contribution >= 0.6 is 23.1 Å². The molecule has 0 aliphatic rings. The molecule has 0 saturated heterocycles. The molecule has 1 aromatic carbocycles. The standard InChI is InChI=1S/C16H22N4OS2/c1-10-7-6-8-12(9-10)17-13(21)11(2)22-15-20-19-14(23-15)18-16(3,4)5/h6-9,11H,1-5H3,(H,17,21)(H,18,19). The van der Waals surface area contributed by atoms with Gasteiger partial charge in [0.1, 0.15) is 0 Å². The second-order valence-corrected chi connectivity index (χ2v) is 8.93. The van der Waals surface area contributed by atoms with Crippen molar-refractivity contribution >= 4 is 39.8 Å². The predicted molar refractivity (Wildman–Crippen MR) is 98.4 cm³/mol. The van der Waals surface area contributed by atoms with Gasteiger partial charge in [0, 0.05) is 11.2 Å². The minimum absolute atomic E-state index is 0.0406. The Morgan fingerprint density at radius 2 is 2.04 bits per heavy atom. The van der Waals surface area contributed by atoms with Gasteiger partial charge in [0.2, 0.25) is 11.0 Å². The maximum absolute atomic E-state index is 12.3. The van der Waals surface area contributed by atoms with Gasteiger partial charge >= 0.3 is 0 Å². The van der Waals surface area contributed by atoms with E-state index in [4.69, 9.17) is 0 Å². The van der Waals surface area contributed by atoms with Gasteiger partial charge in [-0.3, -0.25) is 4.79 Å². The van der Waals surface area contributed by atoms with Crippen molar-refractivity contribution in [3.05, 3.63) is 29.8 Å². The van der Waals surface area contributed by atoms with Crippen molar-refractivity contribution in [3.63, 3.8) is 0 Å². The van der Waals surface area contributed by atoms with Crippen molar-refractivity contribution in [2.75, 3.05) is 10.6 Å². The molecular weight excluding hydrogens is 328 g/mol. The van der Waals surface area contributed by atoms with Gasteiger partial charge in [-0.1, -0.05) is 35.2 Å². The molecule has 1 heterocycles. The zero-order chi connectivity index (χ0) is 17.0. The van der Waals surface area contributed by atoms with Crippen LogP contribution in [0.1, 0.15) is 33.3 Å². The summed E-state index contributed by atoms with van der Waals surface area (Å²) in [7, 11) is 0. The Hall–Kier alpha value is -1.60. The number of aromatic nitrogens is 2. The number of thioether (sulfide) groups is 1. The maximum atomic E-state index is 12.3. The predicted octanol–water partition coefficient (Wildman–Crippen LogP) is 4.18. The Balaban J connectivity index is 1.93. The van der Waals surface area contributed by atoms with E-state index in [0.29, 0.717) is 0 Å². The molecule has 0 radical (unpaired) electrons. The molecule has 1 unspecified atom stereocenters. The van der Waals surface area contributed by atoms with Crippen LogP contribution in [-0.4, -0.2) is 26.9 Å². The molecule has 7 heteroatoms. The second-order valence-electron chi connectivity index (χ2n) is 6.37. The van der Waals surface area contributed by atoms with E-state index in [-0.39, 0.29) is 16.7 Å². The van der Waals surface area contributed by atoms with E-state index in [0.717, 1.165) is 20.7 Å². The quantitative estimate of drug-likeness (QED) is 0.792. The highest BCUT2D eigenvalue weighted by Gasteiger charge is 2.19. The first-order valence-corrected chi connectivity index (χ1v) is 9.08. The van der Waals surface area contributed by atoms with Gasteiger partial charge in [-0.25, -0.2) is 0 Å². The summed E-state index contributed by atoms with van der Waals surface area (Å²) in [5.74, 6) is -0.0406. The van der Waals surface area contributed by atoms with E-state index in [1.807, 2.05) is 38.1 Å². The highest BCUT2D eigenvalue weighted by atomic mass is 32.2. The van der Waals surface area contributed by atoms with Crippen LogP contribution in [-0.2, 0) is 4.79 Å². The van der Waals surface area contributed by atoms with Crippen molar-refractivity contribution < 1.29 is 4.79 Å². The average molecular weight is 351 g/mol. The summed E-state index contributed by atoms with van der Waals surface area (Å²) in [6, 6.07) is 7.76. The fourth-order valence-corrected chi connectivity index (χ4v) is 3.90. The van der Waals surface area contributed by atoms with Crippen LogP contribution in [0, 0.1) is 6.92 Å². The normalized spacial score (nSPS) is 12.7. The molecule has 0 fully saturated rings. The lowest BCUT2D eigenvalue weighted by Crippen LogP contribution is -2.25. The zero-order valence-corrected chi connectivity index (χ0v) is 15.6. The third-order valence-electron chi connectivity index (χ3n) is 2.82. The maximum Gasteiger partial charge on any atom is 0.237 e. The number of hydrogen-bond acceptors (Lipinski definition) is 6. The van der Waals surface area contributed by atoms with Gasteiger partial charge in [-0.2, -0.15) is 0 Å². The molecule has 0 aliphatic carbocycles. The molecule has 124 valence electrons. The summed E-state index contributed by atoms with van der Waals surface area (Å²) in [5.41, 5.74) is 1.87. The van der Waals surface area contributed by atoms with Gasteiger partial charge in [0.15, 0.2) is 4.34 Å². The summed E-state index contributed by atoms with van der Waals surface area (Å²) in [5, 5.41) is 15.0. The number of carbonyl (C=O) groups is 1. The number of rotatable bonds is 5. The summed E-state index contributed by atoms with van der Waals surface area (Å²) in [6.45, 7) is 10.1. The van der Waals surface area contributed by atoms with Crippen molar-refractivity contribution in [1.29, 1.82) is 0 Å². The zero-order valence-electron chi connectivity index (χ0n) is 14.0. The molecular formula is C16H22N4OS2. The Morgan fingerprint density at radius 1 is 1.30 bits per heavy atom. The Morgan fingerprint density at radius 3 is 2.70 bits per heavy atom. The van der Waals surface area contributed by atoms with Crippen molar-refractivity contribution in [3.8, 4) is 0 Å². The fourth-order valence-electron chi connectivity index (χ4n) is 1.80. The molecule has 1 atom stereocenters. The highest BCUT2D eigenvalue weighted by Crippen LogP contribution is 2.30. The Kier molecular flexibility index (Phi) is 5.64.